The van der Waals surface area contributed by atoms with E-state index in [0.29, 0.717) is 17.7 Å². The van der Waals surface area contributed by atoms with Gasteiger partial charge in [0.1, 0.15) is 12.1 Å². The number of halogens is 1. The molecule has 128 valence electrons. The molecule has 1 aliphatic carbocycles. The third kappa shape index (κ3) is 3.51. The van der Waals surface area contributed by atoms with Crippen molar-refractivity contribution < 1.29 is 4.42 Å². The average Bonchev–Trinajstić information content (AvgIpc) is 3.24. The molecule has 4 rings (SSSR count). The maximum absolute atomic E-state index is 6.08. The van der Waals surface area contributed by atoms with Gasteiger partial charge in [-0.15, -0.1) is 0 Å². The van der Waals surface area contributed by atoms with E-state index in [1.165, 1.54) is 11.1 Å². The van der Waals surface area contributed by atoms with Crippen molar-refractivity contribution in [3.63, 3.8) is 0 Å². The monoisotopic (exact) mass is 354 g/mol. The molecule has 2 aromatic heterocycles. The summed E-state index contributed by atoms with van der Waals surface area (Å²) in [5.74, 6) is 1.56. The van der Waals surface area contributed by atoms with Gasteiger partial charge in [-0.25, -0.2) is 15.0 Å². The van der Waals surface area contributed by atoms with Gasteiger partial charge in [-0.05, 0) is 36.4 Å². The fourth-order valence-electron chi connectivity index (χ4n) is 3.28. The van der Waals surface area contributed by atoms with Crippen LogP contribution in [0, 0.1) is 0 Å². The van der Waals surface area contributed by atoms with Crippen molar-refractivity contribution in [3.8, 4) is 0 Å². The van der Waals surface area contributed by atoms with Crippen LogP contribution < -0.4 is 4.90 Å². The fourth-order valence-corrected chi connectivity index (χ4v) is 3.47. The molecule has 0 saturated heterocycles. The Labute approximate surface area is 151 Å². The van der Waals surface area contributed by atoms with Crippen molar-refractivity contribution in [2.75, 3.05) is 11.9 Å². The van der Waals surface area contributed by atoms with Gasteiger partial charge in [0, 0.05) is 19.0 Å². The fraction of sp³-hybridized carbons (Fsp3) is 0.316. The molecule has 25 heavy (non-hydrogen) atoms. The summed E-state index contributed by atoms with van der Waals surface area (Å²) in [6, 6.07) is 10.3. The molecule has 0 radical (unpaired) electrons. The SMILES string of the molecule is CN(Cc1nc(Cc2ccccc2)co1)c1nc(Cl)nc2c1CCC2. The van der Waals surface area contributed by atoms with Crippen LogP contribution in [0.4, 0.5) is 5.82 Å². The van der Waals surface area contributed by atoms with Gasteiger partial charge in [0.05, 0.1) is 17.9 Å². The van der Waals surface area contributed by atoms with Crippen LogP contribution in [0.2, 0.25) is 5.28 Å². The largest absolute Gasteiger partial charge is 0.447 e. The van der Waals surface area contributed by atoms with Gasteiger partial charge in [-0.1, -0.05) is 30.3 Å². The molecule has 0 atom stereocenters. The normalized spacial score (nSPS) is 13.0. The summed E-state index contributed by atoms with van der Waals surface area (Å²) in [6.45, 7) is 0.550. The summed E-state index contributed by atoms with van der Waals surface area (Å²) in [5.41, 5.74) is 4.42. The minimum atomic E-state index is 0.305. The van der Waals surface area contributed by atoms with Crippen LogP contribution in [0.15, 0.2) is 41.0 Å². The highest BCUT2D eigenvalue weighted by atomic mass is 35.5. The molecule has 0 N–H and O–H groups in total. The summed E-state index contributed by atoms with van der Waals surface area (Å²) in [4.78, 5) is 15.4. The lowest BCUT2D eigenvalue weighted by Crippen LogP contribution is -2.20. The van der Waals surface area contributed by atoms with E-state index in [2.05, 4.69) is 27.1 Å². The molecular formula is C19H19ClN4O. The first-order chi connectivity index (χ1) is 12.2. The number of benzene rings is 1. The van der Waals surface area contributed by atoms with E-state index in [1.807, 2.05) is 30.1 Å². The lowest BCUT2D eigenvalue weighted by molar-refractivity contribution is 0.491. The van der Waals surface area contributed by atoms with Crippen molar-refractivity contribution in [3.05, 3.63) is 70.3 Å². The minimum absolute atomic E-state index is 0.305. The third-order valence-corrected chi connectivity index (χ3v) is 4.61. The molecule has 0 unspecified atom stereocenters. The van der Waals surface area contributed by atoms with Crippen LogP contribution in [0.25, 0.3) is 0 Å². The number of hydrogen-bond acceptors (Lipinski definition) is 5. The van der Waals surface area contributed by atoms with Gasteiger partial charge in [-0.3, -0.25) is 0 Å². The van der Waals surface area contributed by atoms with E-state index < -0.39 is 0 Å². The predicted molar refractivity (Wildman–Crippen MR) is 96.9 cm³/mol. The van der Waals surface area contributed by atoms with Crippen molar-refractivity contribution in [1.82, 2.24) is 15.0 Å². The summed E-state index contributed by atoms with van der Waals surface area (Å²) in [7, 11) is 1.98. The first-order valence-corrected chi connectivity index (χ1v) is 8.80. The lowest BCUT2D eigenvalue weighted by atomic mass is 10.1. The Morgan fingerprint density at radius 1 is 1.12 bits per heavy atom. The zero-order valence-electron chi connectivity index (χ0n) is 14.1. The van der Waals surface area contributed by atoms with Crippen LogP contribution in [0.1, 0.15) is 34.8 Å². The molecule has 1 aliphatic rings. The highest BCUT2D eigenvalue weighted by molar-refractivity contribution is 6.28. The number of oxazole rings is 1. The Morgan fingerprint density at radius 3 is 2.80 bits per heavy atom. The van der Waals surface area contributed by atoms with Gasteiger partial charge in [0.2, 0.25) is 11.2 Å². The number of aromatic nitrogens is 3. The van der Waals surface area contributed by atoms with Crippen LogP contribution in [-0.4, -0.2) is 22.0 Å². The van der Waals surface area contributed by atoms with Crippen LogP contribution in [0.3, 0.4) is 0 Å². The molecule has 0 bridgehead atoms. The maximum atomic E-state index is 6.08. The van der Waals surface area contributed by atoms with E-state index in [1.54, 1.807) is 6.26 Å². The molecule has 0 amide bonds. The Kier molecular flexibility index (Phi) is 4.40. The van der Waals surface area contributed by atoms with E-state index in [0.717, 1.165) is 42.9 Å². The summed E-state index contributed by atoms with van der Waals surface area (Å²) < 4.78 is 5.65. The number of rotatable bonds is 5. The second-order valence-electron chi connectivity index (χ2n) is 6.35. The number of fused-ring (bicyclic) bond motifs is 1. The molecule has 2 heterocycles. The number of aryl methyl sites for hydroxylation is 1. The molecule has 6 heteroatoms. The second-order valence-corrected chi connectivity index (χ2v) is 6.68. The van der Waals surface area contributed by atoms with E-state index in [9.17, 15) is 0 Å². The van der Waals surface area contributed by atoms with Gasteiger partial charge in [-0.2, -0.15) is 0 Å². The van der Waals surface area contributed by atoms with Gasteiger partial charge < -0.3 is 9.32 Å². The molecule has 0 spiro atoms. The molecule has 1 aromatic carbocycles. The first-order valence-electron chi connectivity index (χ1n) is 8.42. The van der Waals surface area contributed by atoms with Crippen LogP contribution in [-0.2, 0) is 25.8 Å². The zero-order chi connectivity index (χ0) is 17.2. The van der Waals surface area contributed by atoms with Gasteiger partial charge in [0.15, 0.2) is 0 Å². The van der Waals surface area contributed by atoms with E-state index >= 15 is 0 Å². The Bertz CT molecular complexity index is 878. The number of nitrogens with zero attached hydrogens (tertiary/aromatic N) is 4. The van der Waals surface area contributed by atoms with Crippen LogP contribution >= 0.6 is 11.6 Å². The summed E-state index contributed by atoms with van der Waals surface area (Å²) >= 11 is 6.08. The average molecular weight is 355 g/mol. The molecule has 3 aromatic rings. The molecule has 0 saturated carbocycles. The molecule has 5 nitrogen and oxygen atoms in total. The number of hydrogen-bond donors (Lipinski definition) is 0. The van der Waals surface area contributed by atoms with Gasteiger partial charge in [0.25, 0.3) is 0 Å². The van der Waals surface area contributed by atoms with E-state index in [4.69, 9.17) is 16.0 Å². The summed E-state index contributed by atoms with van der Waals surface area (Å²) in [5, 5.41) is 0.305. The topological polar surface area (TPSA) is 55.1 Å². The molecule has 0 fully saturated rings. The number of anilines is 1. The second kappa shape index (κ2) is 6.84. The zero-order valence-corrected chi connectivity index (χ0v) is 14.8. The van der Waals surface area contributed by atoms with E-state index in [-0.39, 0.29) is 0 Å². The third-order valence-electron chi connectivity index (χ3n) is 4.45. The standard InChI is InChI=1S/C19H19ClN4O/c1-24(18-15-8-5-9-16(15)22-19(20)23-18)11-17-21-14(12-25-17)10-13-6-3-2-4-7-13/h2-4,6-7,12H,5,8-11H2,1H3. The highest BCUT2D eigenvalue weighted by Gasteiger charge is 2.22. The lowest BCUT2D eigenvalue weighted by Gasteiger charge is -2.19. The Hall–Kier alpha value is -2.40. The van der Waals surface area contributed by atoms with Crippen molar-refractivity contribution in [1.29, 1.82) is 0 Å². The van der Waals surface area contributed by atoms with Crippen LogP contribution in [0.5, 0.6) is 0 Å². The predicted octanol–water partition coefficient (Wildman–Crippen LogP) is 3.83. The molecule has 0 aliphatic heterocycles. The van der Waals surface area contributed by atoms with Gasteiger partial charge >= 0.3 is 0 Å². The maximum Gasteiger partial charge on any atom is 0.224 e. The molecular weight excluding hydrogens is 336 g/mol. The van der Waals surface area contributed by atoms with Crippen molar-refractivity contribution in [2.24, 2.45) is 0 Å². The highest BCUT2D eigenvalue weighted by Crippen LogP contribution is 2.30. The smallest absolute Gasteiger partial charge is 0.224 e. The Morgan fingerprint density at radius 2 is 1.96 bits per heavy atom. The summed E-state index contributed by atoms with van der Waals surface area (Å²) in [6.07, 6.45) is 5.57. The Balaban J connectivity index is 1.50. The van der Waals surface area contributed by atoms with Crippen molar-refractivity contribution in [2.45, 2.75) is 32.2 Å². The quantitative estimate of drug-likeness (QED) is 0.652. The first kappa shape index (κ1) is 16.1. The minimum Gasteiger partial charge on any atom is -0.447 e. The van der Waals surface area contributed by atoms with Crippen molar-refractivity contribution >= 4 is 17.4 Å².